The summed E-state index contributed by atoms with van der Waals surface area (Å²) in [5.41, 5.74) is 3.40. The lowest BCUT2D eigenvalue weighted by Gasteiger charge is -2.27. The number of hydrogen-bond donors (Lipinski definition) is 0. The van der Waals surface area contributed by atoms with Crippen molar-refractivity contribution in [3.8, 4) is 0 Å². The number of carbonyl (C=O) groups excluding carboxylic acids is 1. The van der Waals surface area contributed by atoms with Gasteiger partial charge in [0.15, 0.2) is 16.3 Å². The minimum absolute atomic E-state index is 0.0293. The number of amides is 1. The molecule has 34 heavy (non-hydrogen) atoms. The predicted octanol–water partition coefficient (Wildman–Crippen LogP) is 4.39. The number of fused-ring (bicyclic) bond motifs is 2. The largest absolute Gasteiger partial charge is 0.451 e. The molecular weight excluding hydrogens is 450 g/mol. The Morgan fingerprint density at radius 2 is 1.88 bits per heavy atom. The van der Waals surface area contributed by atoms with Crippen LogP contribution in [-0.4, -0.2) is 55.2 Å². The number of anilines is 1. The Hall–Kier alpha value is -3.07. The highest BCUT2D eigenvalue weighted by molar-refractivity contribution is 7.22. The van der Waals surface area contributed by atoms with E-state index in [2.05, 4.69) is 30.9 Å². The third-order valence-corrected chi connectivity index (χ3v) is 7.32. The van der Waals surface area contributed by atoms with Crippen LogP contribution >= 0.6 is 11.3 Å². The number of para-hydroxylation sites is 1. The summed E-state index contributed by atoms with van der Waals surface area (Å²) in [5.74, 6) is -0.320. The average Bonchev–Trinajstić information content (AvgIpc) is 3.24. The maximum Gasteiger partial charge on any atom is 0.295 e. The van der Waals surface area contributed by atoms with Crippen LogP contribution < -0.4 is 10.3 Å². The van der Waals surface area contributed by atoms with Crippen molar-refractivity contribution < 1.29 is 13.9 Å². The molecule has 3 heterocycles. The van der Waals surface area contributed by atoms with E-state index in [1.165, 1.54) is 23.0 Å². The predicted molar refractivity (Wildman–Crippen MR) is 135 cm³/mol. The molecule has 5 rings (SSSR count). The fraction of sp³-hybridized carbons (Fsp3) is 0.346. The molecule has 0 saturated carbocycles. The van der Waals surface area contributed by atoms with Gasteiger partial charge in [0.05, 0.1) is 28.8 Å². The normalized spacial score (nSPS) is 14.6. The molecule has 2 aromatic carbocycles. The third kappa shape index (κ3) is 4.61. The van der Waals surface area contributed by atoms with Crippen molar-refractivity contribution in [2.24, 2.45) is 0 Å². The third-order valence-electron chi connectivity index (χ3n) is 6.27. The number of aryl methyl sites for hydroxylation is 2. The lowest BCUT2D eigenvalue weighted by Crippen LogP contribution is -2.39. The van der Waals surface area contributed by atoms with Crippen molar-refractivity contribution in [3.63, 3.8) is 0 Å². The van der Waals surface area contributed by atoms with Crippen molar-refractivity contribution >= 4 is 43.6 Å². The Labute approximate surface area is 201 Å². The summed E-state index contributed by atoms with van der Waals surface area (Å²) >= 11 is 1.49. The molecule has 0 atom stereocenters. The second-order valence-corrected chi connectivity index (χ2v) is 9.65. The number of rotatable bonds is 6. The second kappa shape index (κ2) is 9.66. The molecule has 0 bridgehead atoms. The highest BCUT2D eigenvalue weighted by atomic mass is 32.1. The molecule has 0 aliphatic carbocycles. The number of hydrogen-bond acceptors (Lipinski definition) is 7. The van der Waals surface area contributed by atoms with Gasteiger partial charge in [-0.2, -0.15) is 0 Å². The molecule has 176 valence electrons. The smallest absolute Gasteiger partial charge is 0.295 e. The molecule has 4 aromatic rings. The van der Waals surface area contributed by atoms with Gasteiger partial charge in [0.25, 0.3) is 5.91 Å². The Bertz CT molecular complexity index is 1370. The monoisotopic (exact) mass is 477 g/mol. The minimum Gasteiger partial charge on any atom is -0.451 e. The zero-order valence-corrected chi connectivity index (χ0v) is 20.2. The van der Waals surface area contributed by atoms with Crippen molar-refractivity contribution in [1.29, 1.82) is 0 Å². The minimum atomic E-state index is -0.350. The molecule has 1 aliphatic heterocycles. The Balaban J connectivity index is 1.48. The van der Waals surface area contributed by atoms with Crippen LogP contribution in [0, 0.1) is 13.8 Å². The number of benzene rings is 2. The molecule has 1 aliphatic rings. The van der Waals surface area contributed by atoms with Gasteiger partial charge in [-0.1, -0.05) is 23.5 Å². The fourth-order valence-corrected chi connectivity index (χ4v) is 5.26. The van der Waals surface area contributed by atoms with Crippen LogP contribution in [0.4, 0.5) is 5.13 Å². The van der Waals surface area contributed by atoms with Crippen LogP contribution in [0.1, 0.15) is 28.1 Å². The maximum absolute atomic E-state index is 13.7. The van der Waals surface area contributed by atoms with E-state index in [1.54, 1.807) is 29.2 Å². The van der Waals surface area contributed by atoms with Gasteiger partial charge < -0.3 is 9.15 Å². The van der Waals surface area contributed by atoms with E-state index in [9.17, 15) is 9.59 Å². The van der Waals surface area contributed by atoms with E-state index in [4.69, 9.17) is 14.1 Å². The molecule has 1 amide bonds. The van der Waals surface area contributed by atoms with E-state index in [1.807, 2.05) is 0 Å². The molecule has 1 fully saturated rings. The second-order valence-electron chi connectivity index (χ2n) is 8.64. The first-order valence-corrected chi connectivity index (χ1v) is 12.3. The molecule has 8 heteroatoms. The Morgan fingerprint density at radius 1 is 1.12 bits per heavy atom. The topological polar surface area (TPSA) is 75.9 Å². The van der Waals surface area contributed by atoms with E-state index in [0.29, 0.717) is 22.6 Å². The van der Waals surface area contributed by atoms with Crippen molar-refractivity contribution in [1.82, 2.24) is 9.88 Å². The Kier molecular flexibility index (Phi) is 6.45. The van der Waals surface area contributed by atoms with Gasteiger partial charge in [-0.3, -0.25) is 19.4 Å². The highest BCUT2D eigenvalue weighted by Crippen LogP contribution is 2.32. The first-order valence-electron chi connectivity index (χ1n) is 11.5. The van der Waals surface area contributed by atoms with E-state index in [0.717, 1.165) is 55.0 Å². The summed E-state index contributed by atoms with van der Waals surface area (Å²) < 4.78 is 12.3. The van der Waals surface area contributed by atoms with E-state index >= 15 is 0 Å². The van der Waals surface area contributed by atoms with Gasteiger partial charge >= 0.3 is 0 Å². The number of thiazole rings is 1. The summed E-state index contributed by atoms with van der Waals surface area (Å²) in [6.07, 6.45) is 0.775. The average molecular weight is 478 g/mol. The standard InChI is InChI=1S/C26H27N3O4S/c1-17-14-20-24(15-18(17)2)34-26(27-20)29(9-5-8-28-10-12-32-13-11-28)25(31)23-16-21(30)19-6-3-4-7-22(19)33-23/h3-4,6-7,14-16H,5,8-13H2,1-2H3. The number of carbonyl (C=O) groups is 1. The number of nitrogens with zero attached hydrogens (tertiary/aromatic N) is 3. The van der Waals surface area contributed by atoms with Gasteiger partial charge in [0.2, 0.25) is 0 Å². The maximum atomic E-state index is 13.7. The summed E-state index contributed by atoms with van der Waals surface area (Å²) in [4.78, 5) is 35.1. The van der Waals surface area contributed by atoms with Crippen molar-refractivity contribution in [3.05, 3.63) is 69.6 Å². The van der Waals surface area contributed by atoms with E-state index in [-0.39, 0.29) is 17.1 Å². The quantitative estimate of drug-likeness (QED) is 0.410. The van der Waals surface area contributed by atoms with Gasteiger partial charge in [-0.15, -0.1) is 0 Å². The molecular formula is C26H27N3O4S. The van der Waals surface area contributed by atoms with Crippen LogP contribution in [0.2, 0.25) is 0 Å². The first-order chi connectivity index (χ1) is 16.5. The molecule has 7 nitrogen and oxygen atoms in total. The molecule has 0 spiro atoms. The Morgan fingerprint density at radius 3 is 2.71 bits per heavy atom. The van der Waals surface area contributed by atoms with Crippen molar-refractivity contribution in [2.75, 3.05) is 44.3 Å². The van der Waals surface area contributed by atoms with Crippen molar-refractivity contribution in [2.45, 2.75) is 20.3 Å². The molecule has 2 aromatic heterocycles. The van der Waals surface area contributed by atoms with E-state index < -0.39 is 0 Å². The summed E-state index contributed by atoms with van der Waals surface area (Å²) in [7, 11) is 0. The lowest BCUT2D eigenvalue weighted by atomic mass is 10.1. The van der Waals surface area contributed by atoms with Gasteiger partial charge in [0, 0.05) is 32.2 Å². The first kappa shape index (κ1) is 22.7. The fourth-order valence-electron chi connectivity index (χ4n) is 4.19. The zero-order chi connectivity index (χ0) is 23.7. The molecule has 0 radical (unpaired) electrons. The van der Waals surface area contributed by atoms with Crippen LogP contribution in [0.3, 0.4) is 0 Å². The summed E-state index contributed by atoms with van der Waals surface area (Å²) in [6, 6.07) is 12.4. The summed E-state index contributed by atoms with van der Waals surface area (Å²) in [6.45, 7) is 8.73. The van der Waals surface area contributed by atoms with Crippen LogP contribution in [0.15, 0.2) is 51.7 Å². The molecule has 0 N–H and O–H groups in total. The number of morpholine rings is 1. The molecule has 1 saturated heterocycles. The van der Waals surface area contributed by atoms with Gasteiger partial charge in [0.1, 0.15) is 5.58 Å². The SMILES string of the molecule is Cc1cc2nc(N(CCCN3CCOCC3)C(=O)c3cc(=O)c4ccccc4o3)sc2cc1C. The van der Waals surface area contributed by atoms with Crippen LogP contribution in [0.5, 0.6) is 0 Å². The van der Waals surface area contributed by atoms with Crippen LogP contribution in [-0.2, 0) is 4.74 Å². The summed E-state index contributed by atoms with van der Waals surface area (Å²) in [5, 5.41) is 1.08. The highest BCUT2D eigenvalue weighted by Gasteiger charge is 2.25. The van der Waals surface area contributed by atoms with Gasteiger partial charge in [-0.25, -0.2) is 4.98 Å². The van der Waals surface area contributed by atoms with Gasteiger partial charge in [-0.05, 0) is 55.7 Å². The van der Waals surface area contributed by atoms with Crippen LogP contribution in [0.25, 0.3) is 21.2 Å². The number of aromatic nitrogens is 1. The molecule has 0 unspecified atom stereocenters. The lowest BCUT2D eigenvalue weighted by molar-refractivity contribution is 0.0376. The number of ether oxygens (including phenoxy) is 1. The zero-order valence-electron chi connectivity index (χ0n) is 19.4.